The number of nitrogens with one attached hydrogen (secondary N) is 1. The summed E-state index contributed by atoms with van der Waals surface area (Å²) in [7, 11) is 1.64. The first-order valence-electron chi connectivity index (χ1n) is 7.18. The van der Waals surface area contributed by atoms with E-state index in [2.05, 4.69) is 5.32 Å². The Balaban J connectivity index is 2.00. The van der Waals surface area contributed by atoms with Gasteiger partial charge in [-0.15, -0.1) is 11.8 Å². The Hall–Kier alpha value is -1.94. The lowest BCUT2D eigenvalue weighted by atomic mass is 10.1. The topological polar surface area (TPSA) is 38.3 Å². The van der Waals surface area contributed by atoms with Crippen molar-refractivity contribution in [3.05, 3.63) is 53.6 Å². The van der Waals surface area contributed by atoms with Crippen LogP contribution in [0.4, 0.5) is 5.69 Å². The molecule has 116 valence electrons. The second-order valence-electron chi connectivity index (χ2n) is 5.24. The van der Waals surface area contributed by atoms with Crippen LogP contribution in [-0.2, 0) is 4.79 Å². The largest absolute Gasteiger partial charge is 0.497 e. The summed E-state index contributed by atoms with van der Waals surface area (Å²) in [6, 6.07) is 13.8. The normalized spacial score (nSPS) is 11.8. The zero-order valence-corrected chi connectivity index (χ0v) is 14.2. The number of methoxy groups -OCH3 is 1. The van der Waals surface area contributed by atoms with E-state index in [1.54, 1.807) is 7.11 Å². The number of carbonyl (C=O) groups excluding carboxylic acids is 1. The van der Waals surface area contributed by atoms with Gasteiger partial charge < -0.3 is 10.1 Å². The highest BCUT2D eigenvalue weighted by atomic mass is 32.2. The molecule has 22 heavy (non-hydrogen) atoms. The van der Waals surface area contributed by atoms with Crippen molar-refractivity contribution >= 4 is 23.4 Å². The average molecular weight is 315 g/mol. The fourth-order valence-electron chi connectivity index (χ4n) is 2.02. The number of carbonyl (C=O) groups is 1. The molecule has 1 unspecified atom stereocenters. The van der Waals surface area contributed by atoms with Gasteiger partial charge in [-0.2, -0.15) is 0 Å². The van der Waals surface area contributed by atoms with Crippen LogP contribution in [0.5, 0.6) is 5.75 Å². The Morgan fingerprint density at radius 1 is 1.14 bits per heavy atom. The monoisotopic (exact) mass is 315 g/mol. The highest BCUT2D eigenvalue weighted by Gasteiger charge is 2.15. The molecule has 0 aliphatic rings. The van der Waals surface area contributed by atoms with Crippen LogP contribution in [0.3, 0.4) is 0 Å². The Labute approximate surface area is 136 Å². The van der Waals surface area contributed by atoms with E-state index in [1.807, 2.05) is 63.2 Å². The van der Waals surface area contributed by atoms with E-state index in [0.29, 0.717) is 0 Å². The molecule has 0 spiro atoms. The van der Waals surface area contributed by atoms with Gasteiger partial charge in [-0.05, 0) is 62.2 Å². The Morgan fingerprint density at radius 2 is 1.82 bits per heavy atom. The van der Waals surface area contributed by atoms with Crippen molar-refractivity contribution in [3.63, 3.8) is 0 Å². The van der Waals surface area contributed by atoms with Crippen LogP contribution in [-0.4, -0.2) is 18.3 Å². The minimum Gasteiger partial charge on any atom is -0.497 e. The molecule has 0 bridgehead atoms. The Kier molecular flexibility index (Phi) is 5.50. The first-order chi connectivity index (χ1) is 10.5. The molecule has 0 saturated heterocycles. The molecular formula is C18H21NO2S. The fourth-order valence-corrected chi connectivity index (χ4v) is 2.88. The lowest BCUT2D eigenvalue weighted by molar-refractivity contribution is -0.115. The van der Waals surface area contributed by atoms with Crippen LogP contribution >= 0.6 is 11.8 Å². The Bertz CT molecular complexity index is 653. The summed E-state index contributed by atoms with van der Waals surface area (Å²) in [5, 5.41) is 2.84. The molecule has 0 radical (unpaired) electrons. The van der Waals surface area contributed by atoms with Gasteiger partial charge in [0.25, 0.3) is 0 Å². The zero-order chi connectivity index (χ0) is 16.1. The van der Waals surface area contributed by atoms with Crippen LogP contribution in [0.25, 0.3) is 0 Å². The average Bonchev–Trinajstić information content (AvgIpc) is 2.51. The first-order valence-corrected chi connectivity index (χ1v) is 8.06. The molecule has 2 aromatic carbocycles. The fraction of sp³-hybridized carbons (Fsp3) is 0.278. The first kappa shape index (κ1) is 16.4. The molecular weight excluding hydrogens is 294 g/mol. The molecule has 1 atom stereocenters. The van der Waals surface area contributed by atoms with Crippen LogP contribution in [0.15, 0.2) is 47.4 Å². The van der Waals surface area contributed by atoms with Crippen molar-refractivity contribution in [2.75, 3.05) is 12.4 Å². The number of aryl methyl sites for hydroxylation is 2. The smallest absolute Gasteiger partial charge is 0.237 e. The van der Waals surface area contributed by atoms with E-state index in [1.165, 1.54) is 11.8 Å². The lowest BCUT2D eigenvalue weighted by Crippen LogP contribution is -2.22. The molecule has 1 amide bonds. The second kappa shape index (κ2) is 7.36. The van der Waals surface area contributed by atoms with Crippen molar-refractivity contribution in [1.82, 2.24) is 0 Å². The van der Waals surface area contributed by atoms with Gasteiger partial charge in [0, 0.05) is 10.6 Å². The number of anilines is 1. The van der Waals surface area contributed by atoms with Gasteiger partial charge in [0.1, 0.15) is 5.75 Å². The molecule has 3 nitrogen and oxygen atoms in total. The summed E-state index contributed by atoms with van der Waals surface area (Å²) in [6.45, 7) is 5.93. The van der Waals surface area contributed by atoms with E-state index in [-0.39, 0.29) is 11.2 Å². The van der Waals surface area contributed by atoms with Crippen molar-refractivity contribution in [2.45, 2.75) is 30.9 Å². The summed E-state index contributed by atoms with van der Waals surface area (Å²) in [4.78, 5) is 13.4. The number of benzene rings is 2. The molecule has 1 N–H and O–H groups in total. The lowest BCUT2D eigenvalue weighted by Gasteiger charge is -2.14. The maximum Gasteiger partial charge on any atom is 0.237 e. The predicted octanol–water partition coefficient (Wildman–Crippen LogP) is 4.43. The zero-order valence-electron chi connectivity index (χ0n) is 13.3. The predicted molar refractivity (Wildman–Crippen MR) is 92.9 cm³/mol. The van der Waals surface area contributed by atoms with Gasteiger partial charge in [-0.3, -0.25) is 4.79 Å². The molecule has 4 heteroatoms. The van der Waals surface area contributed by atoms with Crippen molar-refractivity contribution in [1.29, 1.82) is 0 Å². The highest BCUT2D eigenvalue weighted by molar-refractivity contribution is 8.00. The molecule has 0 aliphatic heterocycles. The number of hydrogen-bond donors (Lipinski definition) is 1. The number of ether oxygens (including phenoxy) is 1. The van der Waals surface area contributed by atoms with Crippen LogP contribution in [0.1, 0.15) is 18.1 Å². The molecule has 2 rings (SSSR count). The minimum absolute atomic E-state index is 0.00881. The van der Waals surface area contributed by atoms with E-state index < -0.39 is 0 Å². The quantitative estimate of drug-likeness (QED) is 0.829. The van der Waals surface area contributed by atoms with Gasteiger partial charge in [0.05, 0.1) is 12.4 Å². The third kappa shape index (κ3) is 4.28. The van der Waals surface area contributed by atoms with E-state index in [4.69, 9.17) is 4.74 Å². The van der Waals surface area contributed by atoms with E-state index in [0.717, 1.165) is 27.5 Å². The molecule has 0 aliphatic carbocycles. The SMILES string of the molecule is COc1ccc(SC(C)C(=O)Nc2cc(C)ccc2C)cc1. The van der Waals surface area contributed by atoms with Crippen LogP contribution < -0.4 is 10.1 Å². The molecule has 0 saturated carbocycles. The third-order valence-corrected chi connectivity index (χ3v) is 4.50. The van der Waals surface area contributed by atoms with Gasteiger partial charge in [-0.1, -0.05) is 12.1 Å². The van der Waals surface area contributed by atoms with Gasteiger partial charge in [0.2, 0.25) is 5.91 Å². The summed E-state index contributed by atoms with van der Waals surface area (Å²) in [6.07, 6.45) is 0. The van der Waals surface area contributed by atoms with Crippen LogP contribution in [0.2, 0.25) is 0 Å². The van der Waals surface area contributed by atoms with E-state index >= 15 is 0 Å². The maximum absolute atomic E-state index is 12.3. The van der Waals surface area contributed by atoms with E-state index in [9.17, 15) is 4.79 Å². The van der Waals surface area contributed by atoms with Gasteiger partial charge in [-0.25, -0.2) is 0 Å². The van der Waals surface area contributed by atoms with Crippen molar-refractivity contribution in [2.24, 2.45) is 0 Å². The summed E-state index contributed by atoms with van der Waals surface area (Å²) in [5.74, 6) is 0.825. The molecule has 0 fully saturated rings. The highest BCUT2D eigenvalue weighted by Crippen LogP contribution is 2.26. The summed E-state index contributed by atoms with van der Waals surface area (Å²) in [5.41, 5.74) is 3.09. The Morgan fingerprint density at radius 3 is 2.45 bits per heavy atom. The number of thioether (sulfide) groups is 1. The second-order valence-corrected chi connectivity index (χ2v) is 6.66. The molecule has 0 aromatic heterocycles. The number of hydrogen-bond acceptors (Lipinski definition) is 3. The van der Waals surface area contributed by atoms with Gasteiger partial charge in [0.15, 0.2) is 0 Å². The third-order valence-electron chi connectivity index (χ3n) is 3.39. The van der Waals surface area contributed by atoms with Gasteiger partial charge >= 0.3 is 0 Å². The van der Waals surface area contributed by atoms with Crippen LogP contribution in [0, 0.1) is 13.8 Å². The number of rotatable bonds is 5. The summed E-state index contributed by atoms with van der Waals surface area (Å²) >= 11 is 1.53. The molecule has 2 aromatic rings. The van der Waals surface area contributed by atoms with Crippen molar-refractivity contribution < 1.29 is 9.53 Å². The number of amides is 1. The summed E-state index contributed by atoms with van der Waals surface area (Å²) < 4.78 is 5.14. The maximum atomic E-state index is 12.3. The minimum atomic E-state index is -0.173. The van der Waals surface area contributed by atoms with Crippen molar-refractivity contribution in [3.8, 4) is 5.75 Å². The molecule has 0 heterocycles. The standard InChI is InChI=1S/C18H21NO2S/c1-12-5-6-13(2)17(11-12)19-18(20)14(3)22-16-9-7-15(21-4)8-10-16/h5-11,14H,1-4H3,(H,19,20).